The first-order valence-corrected chi connectivity index (χ1v) is 6.63. The van der Waals surface area contributed by atoms with E-state index in [9.17, 15) is 25.0 Å². The number of nitrogens with zero attached hydrogens (tertiary/aromatic N) is 4. The molecule has 0 bridgehead atoms. The van der Waals surface area contributed by atoms with Crippen molar-refractivity contribution in [2.24, 2.45) is 0 Å². The van der Waals surface area contributed by atoms with Crippen molar-refractivity contribution in [2.75, 3.05) is 12.4 Å². The molecule has 1 heterocycles. The second-order valence-electron chi connectivity index (χ2n) is 4.75. The van der Waals surface area contributed by atoms with Gasteiger partial charge in [0.2, 0.25) is 0 Å². The predicted octanol–water partition coefficient (Wildman–Crippen LogP) is 1.66. The van der Waals surface area contributed by atoms with E-state index in [1.165, 1.54) is 25.3 Å². The molecule has 0 aliphatic carbocycles. The van der Waals surface area contributed by atoms with Crippen molar-refractivity contribution in [1.82, 2.24) is 9.78 Å². The van der Waals surface area contributed by atoms with Crippen molar-refractivity contribution in [2.45, 2.75) is 13.5 Å². The number of methoxy groups -OCH3 is 1. The molecule has 0 aliphatic rings. The largest absolute Gasteiger partial charge is 0.496 e. The average molecular weight is 335 g/mol. The van der Waals surface area contributed by atoms with E-state index in [0.717, 1.165) is 10.7 Å². The van der Waals surface area contributed by atoms with E-state index in [2.05, 4.69) is 10.4 Å². The number of benzene rings is 1. The van der Waals surface area contributed by atoms with Crippen LogP contribution in [0.15, 0.2) is 24.3 Å². The Labute approximate surface area is 135 Å². The third-order valence-electron chi connectivity index (χ3n) is 3.04. The quantitative estimate of drug-likeness (QED) is 0.624. The van der Waals surface area contributed by atoms with Gasteiger partial charge in [0.25, 0.3) is 11.6 Å². The van der Waals surface area contributed by atoms with Gasteiger partial charge in [-0.1, -0.05) is 5.10 Å². The van der Waals surface area contributed by atoms with E-state index < -0.39 is 22.3 Å². The van der Waals surface area contributed by atoms with E-state index in [0.29, 0.717) is 5.69 Å². The van der Waals surface area contributed by atoms with Crippen LogP contribution in [-0.4, -0.2) is 32.6 Å². The average Bonchev–Trinajstić information content (AvgIpc) is 2.88. The van der Waals surface area contributed by atoms with Gasteiger partial charge >= 0.3 is 5.82 Å². The summed E-state index contributed by atoms with van der Waals surface area (Å²) in [5.74, 6) is -0.764. The minimum Gasteiger partial charge on any atom is -0.496 e. The SMILES string of the molecule is COc1ccc(NC(=O)Cn2nc(C)cc2[N+](=O)[O-])c([N+](=O)[O-])c1. The topological polar surface area (TPSA) is 142 Å². The van der Waals surface area contributed by atoms with Gasteiger partial charge in [0.15, 0.2) is 6.54 Å². The van der Waals surface area contributed by atoms with Crippen LogP contribution < -0.4 is 10.1 Å². The Morgan fingerprint density at radius 3 is 2.58 bits per heavy atom. The molecule has 2 aromatic rings. The standard InChI is InChI=1S/C13H13N5O6/c1-8-5-13(18(22)23)16(15-8)7-12(19)14-10-4-3-9(24-2)6-11(10)17(20)21/h3-6H,7H2,1-2H3,(H,14,19). The monoisotopic (exact) mass is 335 g/mol. The van der Waals surface area contributed by atoms with Crippen LogP contribution in [0.25, 0.3) is 0 Å². The van der Waals surface area contributed by atoms with Gasteiger partial charge in [-0.25, -0.2) is 0 Å². The molecule has 0 saturated carbocycles. The highest BCUT2D eigenvalue weighted by Gasteiger charge is 2.22. The van der Waals surface area contributed by atoms with Gasteiger partial charge in [0, 0.05) is 0 Å². The van der Waals surface area contributed by atoms with Gasteiger partial charge in [0.1, 0.15) is 11.4 Å². The smallest absolute Gasteiger partial charge is 0.345 e. The van der Waals surface area contributed by atoms with Crippen LogP contribution in [0.1, 0.15) is 5.69 Å². The van der Waals surface area contributed by atoms with Crippen molar-refractivity contribution in [3.63, 3.8) is 0 Å². The molecule has 24 heavy (non-hydrogen) atoms. The number of nitro groups is 2. The summed E-state index contributed by atoms with van der Waals surface area (Å²) in [6, 6.07) is 5.15. The van der Waals surface area contributed by atoms with Gasteiger partial charge < -0.3 is 20.2 Å². The summed E-state index contributed by atoms with van der Waals surface area (Å²) in [7, 11) is 1.36. The van der Waals surface area contributed by atoms with Crippen molar-refractivity contribution in [3.05, 3.63) is 50.2 Å². The van der Waals surface area contributed by atoms with E-state index in [1.54, 1.807) is 6.92 Å². The molecule has 1 aromatic carbocycles. The highest BCUT2D eigenvalue weighted by atomic mass is 16.6. The number of hydrogen-bond acceptors (Lipinski definition) is 7. The van der Waals surface area contributed by atoms with Crippen molar-refractivity contribution < 1.29 is 19.4 Å². The van der Waals surface area contributed by atoms with Crippen LogP contribution in [-0.2, 0) is 11.3 Å². The fraction of sp³-hybridized carbons (Fsp3) is 0.231. The molecule has 11 nitrogen and oxygen atoms in total. The maximum absolute atomic E-state index is 12.0. The van der Waals surface area contributed by atoms with Gasteiger partial charge in [-0.05, 0) is 24.0 Å². The Hall–Kier alpha value is -3.50. The molecule has 126 valence electrons. The highest BCUT2D eigenvalue weighted by molar-refractivity contribution is 5.93. The summed E-state index contributed by atoms with van der Waals surface area (Å²) in [6.07, 6.45) is 0. The fourth-order valence-corrected chi connectivity index (χ4v) is 2.02. The van der Waals surface area contributed by atoms with E-state index in [1.807, 2.05) is 0 Å². The molecule has 0 radical (unpaired) electrons. The highest BCUT2D eigenvalue weighted by Crippen LogP contribution is 2.29. The molecule has 1 amide bonds. The fourth-order valence-electron chi connectivity index (χ4n) is 2.02. The number of aryl methyl sites for hydroxylation is 1. The number of amides is 1. The molecule has 0 fully saturated rings. The summed E-state index contributed by atoms with van der Waals surface area (Å²) in [5.41, 5.74) is -0.0175. The van der Waals surface area contributed by atoms with Gasteiger partial charge in [-0.15, -0.1) is 4.68 Å². The van der Waals surface area contributed by atoms with E-state index >= 15 is 0 Å². The lowest BCUT2D eigenvalue weighted by Gasteiger charge is -2.06. The Balaban J connectivity index is 2.22. The second-order valence-corrected chi connectivity index (χ2v) is 4.75. The summed E-state index contributed by atoms with van der Waals surface area (Å²) in [6.45, 7) is 1.10. The van der Waals surface area contributed by atoms with Gasteiger partial charge in [0.05, 0.1) is 29.9 Å². The summed E-state index contributed by atoms with van der Waals surface area (Å²) in [5, 5.41) is 28.2. The van der Waals surface area contributed by atoms with Crippen LogP contribution >= 0.6 is 0 Å². The number of hydrogen-bond donors (Lipinski definition) is 1. The molecular weight excluding hydrogens is 322 g/mol. The molecule has 0 spiro atoms. The molecule has 0 unspecified atom stereocenters. The minimum atomic E-state index is -0.686. The van der Waals surface area contributed by atoms with Crippen molar-refractivity contribution in [3.8, 4) is 5.75 Å². The number of rotatable bonds is 6. The first kappa shape index (κ1) is 16.9. The summed E-state index contributed by atoms with van der Waals surface area (Å²) in [4.78, 5) is 32.7. The number of carbonyl (C=O) groups is 1. The van der Waals surface area contributed by atoms with Gasteiger partial charge in [-0.3, -0.25) is 14.9 Å². The Morgan fingerprint density at radius 2 is 2.00 bits per heavy atom. The first-order valence-electron chi connectivity index (χ1n) is 6.63. The Morgan fingerprint density at radius 1 is 1.29 bits per heavy atom. The molecule has 0 saturated heterocycles. The number of anilines is 1. The van der Waals surface area contributed by atoms with Crippen LogP contribution in [0.3, 0.4) is 0 Å². The normalized spacial score (nSPS) is 10.2. The lowest BCUT2D eigenvalue weighted by molar-refractivity contribution is -0.392. The van der Waals surface area contributed by atoms with E-state index in [4.69, 9.17) is 4.74 Å². The van der Waals surface area contributed by atoms with Crippen LogP contribution in [0.4, 0.5) is 17.2 Å². The lowest BCUT2D eigenvalue weighted by atomic mass is 10.2. The van der Waals surface area contributed by atoms with Crippen molar-refractivity contribution in [1.29, 1.82) is 0 Å². The zero-order valence-corrected chi connectivity index (χ0v) is 12.8. The Kier molecular flexibility index (Phi) is 4.73. The number of aromatic nitrogens is 2. The molecular formula is C13H13N5O6. The molecule has 11 heteroatoms. The lowest BCUT2D eigenvalue weighted by Crippen LogP contribution is -2.21. The number of nitrogens with one attached hydrogen (secondary N) is 1. The zero-order chi connectivity index (χ0) is 17.9. The second kappa shape index (κ2) is 6.73. The molecule has 0 aliphatic heterocycles. The maximum Gasteiger partial charge on any atom is 0.345 e. The minimum absolute atomic E-state index is 0.0441. The third kappa shape index (κ3) is 3.63. The van der Waals surface area contributed by atoms with Crippen LogP contribution in [0.2, 0.25) is 0 Å². The molecule has 2 rings (SSSR count). The molecule has 1 N–H and O–H groups in total. The van der Waals surface area contributed by atoms with E-state index in [-0.39, 0.29) is 22.9 Å². The number of ether oxygens (including phenoxy) is 1. The van der Waals surface area contributed by atoms with Crippen molar-refractivity contribution >= 4 is 23.1 Å². The van der Waals surface area contributed by atoms with Crippen LogP contribution in [0, 0.1) is 27.2 Å². The number of carbonyl (C=O) groups excluding carboxylic acids is 1. The zero-order valence-electron chi connectivity index (χ0n) is 12.8. The van der Waals surface area contributed by atoms with Gasteiger partial charge in [-0.2, -0.15) is 0 Å². The first-order chi connectivity index (χ1) is 11.3. The summed E-state index contributed by atoms with van der Waals surface area (Å²) < 4.78 is 5.82. The summed E-state index contributed by atoms with van der Waals surface area (Å²) >= 11 is 0. The molecule has 1 aromatic heterocycles. The molecule has 0 atom stereocenters. The van der Waals surface area contributed by atoms with Crippen LogP contribution in [0.5, 0.6) is 5.75 Å². The predicted molar refractivity (Wildman–Crippen MR) is 81.9 cm³/mol. The maximum atomic E-state index is 12.0. The third-order valence-corrected chi connectivity index (χ3v) is 3.04. The Bertz CT molecular complexity index is 815. The number of nitro benzene ring substituents is 1.